The molecule has 0 spiro atoms. The highest BCUT2D eigenvalue weighted by molar-refractivity contribution is 6.23. The fourth-order valence-corrected chi connectivity index (χ4v) is 7.14. The number of hydrogen-bond donors (Lipinski definition) is 0. The normalized spacial score (nSPS) is 12.2. The van der Waals surface area contributed by atoms with Gasteiger partial charge in [0.05, 0.1) is 27.6 Å². The minimum absolute atomic E-state index is 0.926. The third-order valence-corrected chi connectivity index (χ3v) is 8.96. The smallest absolute Gasteiger partial charge is 0.146 e. The molecule has 0 unspecified atom stereocenters. The molecule has 5 heteroatoms. The zero-order valence-electron chi connectivity index (χ0n) is 23.0. The Kier molecular flexibility index (Phi) is 4.39. The van der Waals surface area contributed by atoms with E-state index in [2.05, 4.69) is 140 Å². The van der Waals surface area contributed by atoms with Gasteiger partial charge in [-0.15, -0.1) is 0 Å². The van der Waals surface area contributed by atoms with Gasteiger partial charge >= 0.3 is 0 Å². The molecule has 0 aliphatic heterocycles. The van der Waals surface area contributed by atoms with Crippen LogP contribution in [0.4, 0.5) is 0 Å². The van der Waals surface area contributed by atoms with E-state index in [1.54, 1.807) is 0 Å². The predicted molar refractivity (Wildman–Crippen MR) is 177 cm³/mol. The topological polar surface area (TPSA) is 40.0 Å². The molecule has 0 atom stereocenters. The van der Waals surface area contributed by atoms with E-state index < -0.39 is 0 Å². The van der Waals surface area contributed by atoms with Crippen molar-refractivity contribution in [3.8, 4) is 11.4 Å². The number of imidazole rings is 1. The van der Waals surface area contributed by atoms with E-state index in [1.165, 1.54) is 49.0 Å². The molecule has 0 radical (unpaired) electrons. The molecule has 200 valence electrons. The summed E-state index contributed by atoms with van der Waals surface area (Å²) in [5.74, 6) is 0. The molecule has 43 heavy (non-hydrogen) atoms. The molecule has 0 fully saturated rings. The number of aromatic nitrogens is 5. The predicted octanol–water partition coefficient (Wildman–Crippen LogP) is 9.23. The van der Waals surface area contributed by atoms with E-state index in [0.717, 1.165) is 33.3 Å². The molecule has 5 aromatic carbocycles. The second-order valence-electron chi connectivity index (χ2n) is 11.2. The van der Waals surface area contributed by atoms with E-state index in [4.69, 9.17) is 4.98 Å². The lowest BCUT2D eigenvalue weighted by atomic mass is 10.0. The van der Waals surface area contributed by atoms with Crippen molar-refractivity contribution in [2.75, 3.05) is 0 Å². The van der Waals surface area contributed by atoms with Crippen LogP contribution in [0.25, 0.3) is 82.3 Å². The van der Waals surface area contributed by atoms with Crippen molar-refractivity contribution in [1.82, 2.24) is 23.5 Å². The highest BCUT2D eigenvalue weighted by Crippen LogP contribution is 2.41. The van der Waals surface area contributed by atoms with Crippen molar-refractivity contribution in [2.45, 2.75) is 0 Å². The summed E-state index contributed by atoms with van der Waals surface area (Å²) in [5, 5.41) is 8.33. The number of hydrogen-bond acceptors (Lipinski definition) is 2. The van der Waals surface area contributed by atoms with Crippen LogP contribution in [0.2, 0.25) is 0 Å². The summed E-state index contributed by atoms with van der Waals surface area (Å²) < 4.78 is 7.01. The Hall–Kier alpha value is -5.94. The number of pyridine rings is 2. The third-order valence-electron chi connectivity index (χ3n) is 8.96. The standard InChI is InChI=1S/C38H23N5/c1-3-9-24(10-4-1)42-33-14-8-7-13-27(33)28-19-29-31-20-34-30(26-15-16-39-23-32(26)38-40-17-18-41(34)38)21-35(31)43(37(29)22-36(28)42)25-11-5-2-6-12-25/h1-23H. The molecule has 5 heterocycles. The summed E-state index contributed by atoms with van der Waals surface area (Å²) in [4.78, 5) is 9.15. The van der Waals surface area contributed by atoms with Gasteiger partial charge in [-0.2, -0.15) is 0 Å². The Balaban J connectivity index is 1.45. The first-order valence-corrected chi connectivity index (χ1v) is 14.5. The van der Waals surface area contributed by atoms with Crippen molar-refractivity contribution in [3.63, 3.8) is 0 Å². The van der Waals surface area contributed by atoms with Crippen LogP contribution >= 0.6 is 0 Å². The molecule has 5 aromatic heterocycles. The molecular formula is C38H23N5. The Morgan fingerprint density at radius 1 is 0.419 bits per heavy atom. The number of benzene rings is 5. The molecule has 0 amide bonds. The second-order valence-corrected chi connectivity index (χ2v) is 11.2. The first-order valence-electron chi connectivity index (χ1n) is 14.5. The van der Waals surface area contributed by atoms with Crippen LogP contribution in [0.3, 0.4) is 0 Å². The zero-order valence-corrected chi connectivity index (χ0v) is 23.0. The molecule has 10 rings (SSSR count). The summed E-state index contributed by atoms with van der Waals surface area (Å²) in [6.07, 6.45) is 7.73. The van der Waals surface area contributed by atoms with Gasteiger partial charge in [-0.3, -0.25) is 9.38 Å². The van der Waals surface area contributed by atoms with Gasteiger partial charge in [-0.1, -0.05) is 54.6 Å². The maximum absolute atomic E-state index is 4.71. The van der Waals surface area contributed by atoms with Gasteiger partial charge in [-0.05, 0) is 66.0 Å². The first kappa shape index (κ1) is 22.7. The highest BCUT2D eigenvalue weighted by atomic mass is 15.0. The van der Waals surface area contributed by atoms with Crippen LogP contribution in [0, 0.1) is 0 Å². The molecule has 0 aliphatic carbocycles. The molecule has 0 N–H and O–H groups in total. The molecule has 0 bridgehead atoms. The van der Waals surface area contributed by atoms with Crippen LogP contribution in [-0.4, -0.2) is 23.5 Å². The molecule has 10 aromatic rings. The summed E-state index contributed by atoms with van der Waals surface area (Å²) >= 11 is 0. The summed E-state index contributed by atoms with van der Waals surface area (Å²) in [6, 6.07) is 41.7. The van der Waals surface area contributed by atoms with Crippen molar-refractivity contribution < 1.29 is 0 Å². The number of fused-ring (bicyclic) bond motifs is 12. The summed E-state index contributed by atoms with van der Waals surface area (Å²) in [6.45, 7) is 0. The maximum atomic E-state index is 4.71. The Labute approximate surface area is 245 Å². The van der Waals surface area contributed by atoms with Crippen LogP contribution in [0.15, 0.2) is 140 Å². The largest absolute Gasteiger partial charge is 0.309 e. The Morgan fingerprint density at radius 3 is 1.81 bits per heavy atom. The molecule has 5 nitrogen and oxygen atoms in total. The van der Waals surface area contributed by atoms with Gasteiger partial charge in [-0.25, -0.2) is 4.98 Å². The van der Waals surface area contributed by atoms with Crippen LogP contribution in [0.5, 0.6) is 0 Å². The van der Waals surface area contributed by atoms with E-state index in [1.807, 2.05) is 18.6 Å². The van der Waals surface area contributed by atoms with Crippen LogP contribution in [-0.2, 0) is 0 Å². The minimum Gasteiger partial charge on any atom is -0.309 e. The van der Waals surface area contributed by atoms with Crippen molar-refractivity contribution in [2.24, 2.45) is 0 Å². The first-order chi connectivity index (χ1) is 21.3. The third kappa shape index (κ3) is 3.00. The van der Waals surface area contributed by atoms with Crippen molar-refractivity contribution in [1.29, 1.82) is 0 Å². The zero-order chi connectivity index (χ0) is 28.1. The summed E-state index contributed by atoms with van der Waals surface area (Å²) in [5.41, 5.74) is 9.11. The Morgan fingerprint density at radius 2 is 1.02 bits per heavy atom. The van der Waals surface area contributed by atoms with Gasteiger partial charge in [0.1, 0.15) is 5.65 Å². The van der Waals surface area contributed by atoms with E-state index >= 15 is 0 Å². The van der Waals surface area contributed by atoms with E-state index in [-0.39, 0.29) is 0 Å². The fourth-order valence-electron chi connectivity index (χ4n) is 7.14. The molecule has 0 aliphatic rings. The fraction of sp³-hybridized carbons (Fsp3) is 0. The lowest BCUT2D eigenvalue weighted by Gasteiger charge is -2.11. The van der Waals surface area contributed by atoms with Gasteiger partial charge in [0.25, 0.3) is 0 Å². The SMILES string of the molecule is c1ccc(-n2c3ccccc3c3cc4c5cc6c(cc5n(-c5ccccc5)c4cc32)c2ccncc2c2nccn62)cc1. The van der Waals surface area contributed by atoms with Gasteiger partial charge < -0.3 is 9.13 Å². The van der Waals surface area contributed by atoms with Gasteiger partial charge in [0, 0.05) is 68.5 Å². The summed E-state index contributed by atoms with van der Waals surface area (Å²) in [7, 11) is 0. The average molecular weight is 550 g/mol. The molecule has 0 saturated heterocycles. The van der Waals surface area contributed by atoms with Crippen LogP contribution in [0.1, 0.15) is 0 Å². The van der Waals surface area contributed by atoms with Crippen LogP contribution < -0.4 is 0 Å². The molecular weight excluding hydrogens is 526 g/mol. The number of nitrogens with zero attached hydrogens (tertiary/aromatic N) is 5. The Bertz CT molecular complexity index is 2710. The quantitative estimate of drug-likeness (QED) is 0.202. The lowest BCUT2D eigenvalue weighted by Crippen LogP contribution is -1.96. The second kappa shape index (κ2) is 8.30. The average Bonchev–Trinajstić information content (AvgIpc) is 3.77. The number of para-hydroxylation sites is 3. The lowest BCUT2D eigenvalue weighted by molar-refractivity contribution is 1.16. The maximum Gasteiger partial charge on any atom is 0.146 e. The van der Waals surface area contributed by atoms with E-state index in [9.17, 15) is 0 Å². The van der Waals surface area contributed by atoms with Gasteiger partial charge in [0.15, 0.2) is 0 Å². The highest BCUT2D eigenvalue weighted by Gasteiger charge is 2.20. The van der Waals surface area contributed by atoms with Gasteiger partial charge in [0.2, 0.25) is 0 Å². The van der Waals surface area contributed by atoms with Crippen molar-refractivity contribution in [3.05, 3.63) is 140 Å². The minimum atomic E-state index is 0.926. The van der Waals surface area contributed by atoms with E-state index in [0.29, 0.717) is 0 Å². The molecule has 0 saturated carbocycles. The monoisotopic (exact) mass is 549 g/mol. The van der Waals surface area contributed by atoms with Crippen molar-refractivity contribution >= 4 is 70.9 Å². The number of rotatable bonds is 2.